The molecular weight excluding hydrogens is 372 g/mol. The van der Waals surface area contributed by atoms with Crippen molar-refractivity contribution in [3.8, 4) is 5.75 Å². The molecule has 156 valence electrons. The van der Waals surface area contributed by atoms with Gasteiger partial charge in [0.05, 0.1) is 12.8 Å². The summed E-state index contributed by atoms with van der Waals surface area (Å²) in [7, 11) is 1.73. The average Bonchev–Trinajstić information content (AvgIpc) is 3.18. The first-order chi connectivity index (χ1) is 14.3. The summed E-state index contributed by atoms with van der Waals surface area (Å²) in [5.41, 5.74) is 6.88. The van der Waals surface area contributed by atoms with E-state index in [0.717, 1.165) is 48.4 Å². The average molecular weight is 403 g/mol. The molecule has 1 amide bonds. The Balaban J connectivity index is 1.55. The molecule has 0 aromatic heterocycles. The predicted octanol–water partition coefficient (Wildman–Crippen LogP) is 5.02. The lowest BCUT2D eigenvalue weighted by Crippen LogP contribution is -2.64. The molecule has 0 N–H and O–H groups in total. The van der Waals surface area contributed by atoms with Crippen LogP contribution in [0.25, 0.3) is 0 Å². The van der Waals surface area contributed by atoms with Gasteiger partial charge in [-0.15, -0.1) is 0 Å². The molecule has 4 nitrogen and oxygen atoms in total. The Morgan fingerprint density at radius 1 is 1.17 bits per heavy atom. The predicted molar refractivity (Wildman–Crippen MR) is 120 cm³/mol. The number of rotatable bonds is 2. The normalized spacial score (nSPS) is 25.6. The second-order valence-corrected chi connectivity index (χ2v) is 9.86. The van der Waals surface area contributed by atoms with Gasteiger partial charge in [-0.05, 0) is 71.7 Å². The third kappa shape index (κ3) is 2.52. The lowest BCUT2D eigenvalue weighted by atomic mass is 9.51. The summed E-state index contributed by atoms with van der Waals surface area (Å²) in [5, 5.41) is 0. The van der Waals surface area contributed by atoms with Crippen LogP contribution in [0.3, 0.4) is 0 Å². The van der Waals surface area contributed by atoms with E-state index in [9.17, 15) is 4.79 Å². The number of ether oxygens (including phenoxy) is 1. The van der Waals surface area contributed by atoms with Gasteiger partial charge >= 0.3 is 0 Å². The van der Waals surface area contributed by atoms with Crippen molar-refractivity contribution in [2.45, 2.75) is 58.4 Å². The van der Waals surface area contributed by atoms with Crippen molar-refractivity contribution < 1.29 is 9.53 Å². The number of amides is 1. The number of methoxy groups -OCH3 is 1. The Morgan fingerprint density at radius 2 is 1.97 bits per heavy atom. The number of aliphatic imine (C=N–C) groups is 1. The van der Waals surface area contributed by atoms with E-state index in [2.05, 4.69) is 49.7 Å². The molecule has 2 aliphatic heterocycles. The molecular formula is C26H30N2O2. The number of likely N-dealkylation sites (tertiary alicyclic amines) is 1. The summed E-state index contributed by atoms with van der Waals surface area (Å²) < 4.78 is 5.61. The highest BCUT2D eigenvalue weighted by molar-refractivity contribution is 5.96. The summed E-state index contributed by atoms with van der Waals surface area (Å²) in [6.45, 7) is 9.99. The van der Waals surface area contributed by atoms with Crippen molar-refractivity contribution in [2.75, 3.05) is 13.7 Å². The minimum Gasteiger partial charge on any atom is -0.496 e. The van der Waals surface area contributed by atoms with E-state index < -0.39 is 0 Å². The van der Waals surface area contributed by atoms with Crippen LogP contribution in [0.2, 0.25) is 0 Å². The van der Waals surface area contributed by atoms with Gasteiger partial charge in [0.2, 0.25) is 0 Å². The first-order valence-electron chi connectivity index (χ1n) is 10.9. The van der Waals surface area contributed by atoms with E-state index in [0.29, 0.717) is 0 Å². The first-order valence-corrected chi connectivity index (χ1v) is 10.9. The van der Waals surface area contributed by atoms with Crippen LogP contribution in [0, 0.1) is 12.3 Å². The van der Waals surface area contributed by atoms with Crippen molar-refractivity contribution in [1.29, 1.82) is 0 Å². The van der Waals surface area contributed by atoms with E-state index in [1.165, 1.54) is 16.7 Å². The number of hydrogen-bond acceptors (Lipinski definition) is 3. The molecule has 1 fully saturated rings. The van der Waals surface area contributed by atoms with Gasteiger partial charge in [0.1, 0.15) is 5.75 Å². The van der Waals surface area contributed by atoms with Crippen LogP contribution in [0.15, 0.2) is 35.3 Å². The summed E-state index contributed by atoms with van der Waals surface area (Å²) in [4.78, 5) is 20.2. The smallest absolute Gasteiger partial charge is 0.254 e. The van der Waals surface area contributed by atoms with Crippen LogP contribution >= 0.6 is 0 Å². The molecule has 0 unspecified atom stereocenters. The maximum absolute atomic E-state index is 13.6. The molecule has 5 rings (SSSR count). The Morgan fingerprint density at radius 3 is 2.73 bits per heavy atom. The monoisotopic (exact) mass is 402 g/mol. The van der Waals surface area contributed by atoms with E-state index in [1.54, 1.807) is 7.11 Å². The van der Waals surface area contributed by atoms with Crippen LogP contribution in [0.1, 0.15) is 59.8 Å². The zero-order valence-electron chi connectivity index (χ0n) is 18.6. The fraction of sp³-hybridized carbons (Fsp3) is 0.462. The fourth-order valence-electron chi connectivity index (χ4n) is 5.93. The highest BCUT2D eigenvalue weighted by atomic mass is 16.5. The first kappa shape index (κ1) is 19.3. The van der Waals surface area contributed by atoms with Gasteiger partial charge in [-0.25, -0.2) is 0 Å². The van der Waals surface area contributed by atoms with Gasteiger partial charge in [-0.1, -0.05) is 26.8 Å². The van der Waals surface area contributed by atoms with E-state index in [-0.39, 0.29) is 22.8 Å². The van der Waals surface area contributed by atoms with Crippen LogP contribution < -0.4 is 4.74 Å². The lowest BCUT2D eigenvalue weighted by molar-refractivity contribution is -0.0262. The number of hydrogen-bond donors (Lipinski definition) is 0. The van der Waals surface area contributed by atoms with Crippen molar-refractivity contribution in [3.63, 3.8) is 0 Å². The Kier molecular flexibility index (Phi) is 4.15. The second kappa shape index (κ2) is 6.44. The summed E-state index contributed by atoms with van der Waals surface area (Å²) in [5.74, 6) is 1.08. The molecule has 3 aliphatic rings. The molecule has 4 heteroatoms. The van der Waals surface area contributed by atoms with Crippen LogP contribution in [-0.4, -0.2) is 36.7 Å². The summed E-state index contributed by atoms with van der Waals surface area (Å²) in [6, 6.07) is 10.6. The molecule has 2 aromatic rings. The highest BCUT2D eigenvalue weighted by Gasteiger charge is 2.57. The van der Waals surface area contributed by atoms with Gasteiger partial charge in [0, 0.05) is 36.2 Å². The summed E-state index contributed by atoms with van der Waals surface area (Å²) >= 11 is 0. The molecule has 1 saturated heterocycles. The second-order valence-electron chi connectivity index (χ2n) is 9.86. The SMILES string of the molecule is COc1cc2c(cc1C)[C@]1(C)CCN(C(=O)c3ccc4c(c3)CC=N4)[C@H](C2)C1(C)C. The zero-order chi connectivity index (χ0) is 21.3. The maximum atomic E-state index is 13.6. The van der Waals surface area contributed by atoms with E-state index in [1.807, 2.05) is 24.4 Å². The molecule has 2 bridgehead atoms. The zero-order valence-corrected chi connectivity index (χ0v) is 18.6. The molecule has 2 atom stereocenters. The van der Waals surface area contributed by atoms with Crippen LogP contribution in [-0.2, 0) is 18.3 Å². The molecule has 0 saturated carbocycles. The largest absolute Gasteiger partial charge is 0.496 e. The van der Waals surface area contributed by atoms with Gasteiger partial charge in [0.25, 0.3) is 5.91 Å². The van der Waals surface area contributed by atoms with Crippen molar-refractivity contribution in [1.82, 2.24) is 4.90 Å². The van der Waals surface area contributed by atoms with Gasteiger partial charge < -0.3 is 9.64 Å². The third-order valence-electron chi connectivity index (χ3n) is 8.24. The molecule has 0 spiro atoms. The number of nitrogens with zero attached hydrogens (tertiary/aromatic N) is 2. The highest BCUT2D eigenvalue weighted by Crippen LogP contribution is 2.56. The van der Waals surface area contributed by atoms with Crippen molar-refractivity contribution in [2.24, 2.45) is 10.4 Å². The Labute approximate surface area is 179 Å². The van der Waals surface area contributed by atoms with Gasteiger partial charge in [-0.3, -0.25) is 9.79 Å². The number of benzene rings is 2. The number of fused-ring (bicyclic) bond motifs is 5. The molecule has 0 radical (unpaired) electrons. The van der Waals surface area contributed by atoms with Crippen molar-refractivity contribution in [3.05, 3.63) is 58.1 Å². The molecule has 2 aromatic carbocycles. The molecule has 2 heterocycles. The van der Waals surface area contributed by atoms with Crippen molar-refractivity contribution >= 4 is 17.8 Å². The number of carbonyl (C=O) groups is 1. The quantitative estimate of drug-likeness (QED) is 0.708. The van der Waals surface area contributed by atoms with Crippen LogP contribution in [0.5, 0.6) is 5.75 Å². The Hall–Kier alpha value is -2.62. The van der Waals surface area contributed by atoms with Gasteiger partial charge in [-0.2, -0.15) is 0 Å². The standard InChI is InChI=1S/C26H30N2O2/c1-16-12-20-19(14-22(16)30-5)15-23-25(2,3)26(20,4)9-11-28(23)24(29)18-6-7-21-17(13-18)8-10-27-21/h6-7,10,12-14,23H,8-9,11,15H2,1-5H3/t23-,26+/m1/s1. The number of aryl methyl sites for hydroxylation is 1. The minimum absolute atomic E-state index is 0.0191. The number of carbonyl (C=O) groups excluding carboxylic acids is 1. The lowest BCUT2D eigenvalue weighted by Gasteiger charge is -2.61. The molecule has 30 heavy (non-hydrogen) atoms. The number of piperidine rings is 1. The fourth-order valence-corrected chi connectivity index (χ4v) is 5.93. The Bertz CT molecular complexity index is 1080. The van der Waals surface area contributed by atoms with E-state index >= 15 is 0 Å². The minimum atomic E-state index is -0.0191. The molecule has 1 aliphatic carbocycles. The van der Waals surface area contributed by atoms with Gasteiger partial charge in [0.15, 0.2) is 0 Å². The van der Waals surface area contributed by atoms with Crippen LogP contribution in [0.4, 0.5) is 5.69 Å². The topological polar surface area (TPSA) is 41.9 Å². The summed E-state index contributed by atoms with van der Waals surface area (Å²) in [6.07, 6.45) is 4.57. The third-order valence-corrected chi connectivity index (χ3v) is 8.24. The maximum Gasteiger partial charge on any atom is 0.254 e. The van der Waals surface area contributed by atoms with E-state index in [4.69, 9.17) is 4.74 Å².